The lowest BCUT2D eigenvalue weighted by Gasteiger charge is -2.29. The van der Waals surface area contributed by atoms with Crippen molar-refractivity contribution in [1.29, 1.82) is 0 Å². The number of rotatable bonds is 31. The summed E-state index contributed by atoms with van der Waals surface area (Å²) >= 11 is 1.14. The molecule has 1 aliphatic rings. The lowest BCUT2D eigenvalue weighted by Crippen LogP contribution is -2.46. The summed E-state index contributed by atoms with van der Waals surface area (Å²) in [6.07, 6.45) is 1.79. The lowest BCUT2D eigenvalue weighted by atomic mass is 9.87. The second-order valence-electron chi connectivity index (χ2n) is 14.4. The smallest absolute Gasteiger partial charge is 0.386 e. The Kier molecular flexibility index (Phi) is 22.5. The van der Waals surface area contributed by atoms with E-state index in [1.807, 2.05) is 0 Å². The molecule has 0 saturated carbocycles. The average Bonchev–Trinajstić information content (AvgIpc) is 3.76. The van der Waals surface area contributed by atoms with E-state index in [1.165, 1.54) is 39.5 Å². The van der Waals surface area contributed by atoms with Crippen LogP contribution in [0.3, 0.4) is 0 Å². The predicted octanol–water partition coefficient (Wildman–Crippen LogP) is 1.53. The predicted molar refractivity (Wildman–Crippen MR) is 214 cm³/mol. The van der Waals surface area contributed by atoms with Crippen LogP contribution in [0.5, 0.6) is 0 Å². The molecule has 7 atom stereocenters. The molecule has 63 heavy (non-hydrogen) atoms. The number of ether oxygens (including phenoxy) is 1. The molecule has 1 fully saturated rings. The topological polar surface area (TPSA) is 401 Å². The van der Waals surface area contributed by atoms with E-state index in [9.17, 15) is 57.9 Å². The standard InChI is InChI=1S/C31H54N7O21P3S/c1-4-5-6-7-8-9-10-11-22(40)63-15-14-33-21(39)12-13-34-29(43)26(42)31(2,3)17-52-61(47,48)58-56-59-62(49,50)57-55-51-16-20-25(54-60(44,45)46)24(41)30(53-20)38-19-37-23-27(32)35-18-36-28(23)38/h18-20,24-26,30,41-42H,4-17H2,1-3H3,(H,33,39)(H,34,43)(H,47,48)(H,49,50)(H2,32,35,36)(H2,44,45,46). The third kappa shape index (κ3) is 19.4. The first-order chi connectivity index (χ1) is 29.6. The van der Waals surface area contributed by atoms with Crippen LogP contribution in [-0.2, 0) is 70.9 Å². The molecule has 1 aliphatic heterocycles. The number of carbonyl (C=O) groups is 3. The number of imidazole rings is 1. The van der Waals surface area contributed by atoms with Gasteiger partial charge < -0.3 is 46.0 Å². The number of nitrogens with two attached hydrogens (primary N) is 1. The first kappa shape index (κ1) is 54.7. The monoisotopic (exact) mass is 985 g/mol. The van der Waals surface area contributed by atoms with Crippen molar-refractivity contribution >= 4 is 69.1 Å². The number of hydrogen-bond acceptors (Lipinski definition) is 22. The lowest BCUT2D eigenvalue weighted by molar-refractivity contribution is -0.494. The third-order valence-corrected chi connectivity index (χ3v) is 11.5. The fourth-order valence-electron chi connectivity index (χ4n) is 5.53. The van der Waals surface area contributed by atoms with Crippen LogP contribution in [-0.4, -0.2) is 123 Å². The van der Waals surface area contributed by atoms with Gasteiger partial charge >= 0.3 is 23.5 Å². The molecule has 0 aromatic carbocycles. The van der Waals surface area contributed by atoms with Gasteiger partial charge in [-0.3, -0.25) is 32.9 Å². The Hall–Kier alpha value is -2.60. The maximum absolute atomic E-state index is 12.5. The van der Waals surface area contributed by atoms with Gasteiger partial charge in [-0.15, -0.1) is 0 Å². The van der Waals surface area contributed by atoms with Crippen LogP contribution in [0.25, 0.3) is 11.2 Å². The zero-order valence-electron chi connectivity index (χ0n) is 34.4. The van der Waals surface area contributed by atoms with Gasteiger partial charge in [0.15, 0.2) is 22.8 Å². The maximum Gasteiger partial charge on any atom is 0.531 e. The van der Waals surface area contributed by atoms with Gasteiger partial charge in [0.25, 0.3) is 0 Å². The summed E-state index contributed by atoms with van der Waals surface area (Å²) in [5.74, 6) is -0.999. The summed E-state index contributed by atoms with van der Waals surface area (Å²) in [6.45, 7) is 3.01. The van der Waals surface area contributed by atoms with Crippen molar-refractivity contribution in [1.82, 2.24) is 30.2 Å². The van der Waals surface area contributed by atoms with Gasteiger partial charge in [0, 0.05) is 37.1 Å². The highest BCUT2D eigenvalue weighted by Gasteiger charge is 2.49. The number of phosphoric ester groups is 2. The van der Waals surface area contributed by atoms with Crippen LogP contribution < -0.4 is 16.4 Å². The number of unbranched alkanes of at least 4 members (excludes halogenated alkanes) is 6. The number of nitrogens with one attached hydrogen (secondary N) is 2. The van der Waals surface area contributed by atoms with Crippen LogP contribution in [0.2, 0.25) is 0 Å². The number of thioether (sulfide) groups is 1. The minimum absolute atomic E-state index is 0.0255. The van der Waals surface area contributed by atoms with Crippen LogP contribution >= 0.6 is 35.2 Å². The normalized spacial score (nSPS) is 20.6. The van der Waals surface area contributed by atoms with E-state index in [0.29, 0.717) is 12.2 Å². The van der Waals surface area contributed by atoms with Gasteiger partial charge in [-0.2, -0.15) is 0 Å². The second-order valence-corrected chi connectivity index (χ2v) is 19.4. The number of nitrogen functional groups attached to an aromatic ring is 1. The highest BCUT2D eigenvalue weighted by Crippen LogP contribution is 2.50. The van der Waals surface area contributed by atoms with Crippen molar-refractivity contribution in [3.05, 3.63) is 12.7 Å². The molecule has 7 unspecified atom stereocenters. The average molecular weight is 986 g/mol. The Balaban J connectivity index is 1.32. The highest BCUT2D eigenvalue weighted by atomic mass is 32.2. The van der Waals surface area contributed by atoms with Crippen molar-refractivity contribution < 1.29 is 101 Å². The first-order valence-corrected chi connectivity index (χ1v) is 24.8. The fourth-order valence-corrected chi connectivity index (χ4v) is 7.77. The van der Waals surface area contributed by atoms with Crippen molar-refractivity contribution in [3.8, 4) is 0 Å². The molecule has 1 saturated heterocycles. The van der Waals surface area contributed by atoms with Crippen molar-refractivity contribution in [2.75, 3.05) is 37.8 Å². The molecular formula is C31H54N7O21P3S. The minimum atomic E-state index is -5.51. The third-order valence-electron chi connectivity index (χ3n) is 8.80. The molecule has 0 spiro atoms. The number of hydrogen-bond donors (Lipinski definition) is 9. The van der Waals surface area contributed by atoms with Gasteiger partial charge in [0.05, 0.1) is 12.9 Å². The molecule has 360 valence electrons. The molecule has 0 radical (unpaired) electrons. The van der Waals surface area contributed by atoms with Crippen molar-refractivity contribution in [2.24, 2.45) is 5.41 Å². The summed E-state index contributed by atoms with van der Waals surface area (Å²) in [7, 11) is -16.1. The number of aliphatic hydroxyl groups is 2. The molecule has 2 aromatic heterocycles. The Labute approximate surface area is 364 Å². The molecule has 2 amide bonds. The molecule has 32 heteroatoms. The molecule has 0 bridgehead atoms. The van der Waals surface area contributed by atoms with Crippen LogP contribution in [0.1, 0.15) is 84.8 Å². The van der Waals surface area contributed by atoms with Gasteiger partial charge in [-0.1, -0.05) is 90.1 Å². The highest BCUT2D eigenvalue weighted by molar-refractivity contribution is 8.13. The van der Waals surface area contributed by atoms with Crippen LogP contribution in [0.4, 0.5) is 5.82 Å². The Morgan fingerprint density at radius 1 is 0.937 bits per heavy atom. The number of amides is 2. The summed E-state index contributed by atoms with van der Waals surface area (Å²) in [5, 5.41) is 34.3. The summed E-state index contributed by atoms with van der Waals surface area (Å²) in [4.78, 5) is 91.3. The zero-order chi connectivity index (χ0) is 46.8. The van der Waals surface area contributed by atoms with E-state index < -0.39 is 84.6 Å². The number of anilines is 1. The van der Waals surface area contributed by atoms with Crippen molar-refractivity contribution in [3.63, 3.8) is 0 Å². The Bertz CT molecular complexity index is 1930. The largest absolute Gasteiger partial charge is 0.531 e. The molecule has 28 nitrogen and oxygen atoms in total. The number of carbonyl (C=O) groups excluding carboxylic acids is 3. The second kappa shape index (κ2) is 25.9. The van der Waals surface area contributed by atoms with E-state index in [-0.39, 0.29) is 41.6 Å². The fraction of sp³-hybridized carbons (Fsp3) is 0.742. The van der Waals surface area contributed by atoms with E-state index in [1.54, 1.807) is 0 Å². The van der Waals surface area contributed by atoms with E-state index in [0.717, 1.165) is 48.2 Å². The van der Waals surface area contributed by atoms with E-state index in [2.05, 4.69) is 70.5 Å². The summed E-state index contributed by atoms with van der Waals surface area (Å²) < 4.78 is 63.8. The quantitative estimate of drug-likeness (QED) is 0.0224. The van der Waals surface area contributed by atoms with Crippen LogP contribution in [0.15, 0.2) is 12.7 Å². The van der Waals surface area contributed by atoms with E-state index >= 15 is 0 Å². The van der Waals surface area contributed by atoms with E-state index in [4.69, 9.17) is 10.5 Å². The zero-order valence-corrected chi connectivity index (χ0v) is 37.9. The molecule has 0 aliphatic carbocycles. The molecule has 3 heterocycles. The molecular weight excluding hydrogens is 931 g/mol. The van der Waals surface area contributed by atoms with Gasteiger partial charge in [-0.25, -0.2) is 33.5 Å². The molecule has 3 rings (SSSR count). The Morgan fingerprint density at radius 3 is 2.30 bits per heavy atom. The van der Waals surface area contributed by atoms with Gasteiger partial charge in [0.2, 0.25) is 11.8 Å². The minimum Gasteiger partial charge on any atom is -0.386 e. The molecule has 2 aromatic rings. The number of aromatic nitrogens is 4. The van der Waals surface area contributed by atoms with Gasteiger partial charge in [0.1, 0.15) is 42.9 Å². The number of aliphatic hydroxyl groups excluding tert-OH is 2. The summed E-state index contributed by atoms with van der Waals surface area (Å²) in [5.41, 5.74) is 4.36. The number of phosphoric acid groups is 3. The first-order valence-electron chi connectivity index (χ1n) is 19.3. The molecule has 10 N–H and O–H groups in total. The van der Waals surface area contributed by atoms with Crippen molar-refractivity contribution in [2.45, 2.75) is 109 Å². The van der Waals surface area contributed by atoms with Gasteiger partial charge in [-0.05, 0) is 11.5 Å². The number of fused-ring (bicyclic) bond motifs is 1. The number of nitrogens with zero attached hydrogens (tertiary/aromatic N) is 4. The SMILES string of the molecule is CCCCCCCCCC(=O)SCCNC(=O)CCNC(=O)C(O)C(C)(C)COP(=O)(O)OOOP(=O)(O)OOOCC1OC(n2cnc3c(N)ncnc32)C(O)C1OP(=O)(O)O. The maximum atomic E-state index is 12.5. The Morgan fingerprint density at radius 2 is 1.60 bits per heavy atom. The van der Waals surface area contributed by atoms with Crippen LogP contribution in [0, 0.1) is 5.41 Å². The summed E-state index contributed by atoms with van der Waals surface area (Å²) in [6, 6.07) is 0.